The van der Waals surface area contributed by atoms with E-state index in [1.165, 1.54) is 6.42 Å². The fourth-order valence-electron chi connectivity index (χ4n) is 2.58. The van der Waals surface area contributed by atoms with Crippen molar-refractivity contribution in [2.45, 2.75) is 57.2 Å². The molecule has 0 amide bonds. The SMILES string of the molecule is CCC1CC(O)CCN1C1C#CCC1. The van der Waals surface area contributed by atoms with E-state index in [1.54, 1.807) is 0 Å². The van der Waals surface area contributed by atoms with Gasteiger partial charge in [0.15, 0.2) is 0 Å². The molecule has 0 saturated carbocycles. The zero-order valence-electron chi connectivity index (χ0n) is 8.87. The van der Waals surface area contributed by atoms with E-state index >= 15 is 0 Å². The number of aliphatic hydroxyl groups excluding tert-OH is 1. The van der Waals surface area contributed by atoms with Crippen LogP contribution >= 0.6 is 0 Å². The second-order valence-electron chi connectivity index (χ2n) is 4.35. The average molecular weight is 193 g/mol. The van der Waals surface area contributed by atoms with Gasteiger partial charge in [0.05, 0.1) is 12.1 Å². The predicted octanol–water partition coefficient (Wildman–Crippen LogP) is 1.39. The number of nitrogens with zero attached hydrogens (tertiary/aromatic N) is 1. The van der Waals surface area contributed by atoms with Crippen molar-refractivity contribution in [3.8, 4) is 11.8 Å². The number of hydrogen-bond donors (Lipinski definition) is 1. The first-order chi connectivity index (χ1) is 6.81. The molecule has 3 atom stereocenters. The van der Waals surface area contributed by atoms with Crippen molar-refractivity contribution < 1.29 is 5.11 Å². The number of likely N-dealkylation sites (tertiary alicyclic amines) is 1. The van der Waals surface area contributed by atoms with Crippen LogP contribution in [0.4, 0.5) is 0 Å². The first-order valence-electron chi connectivity index (χ1n) is 5.73. The van der Waals surface area contributed by atoms with Crippen molar-refractivity contribution in [1.29, 1.82) is 0 Å². The molecule has 0 aromatic heterocycles. The zero-order chi connectivity index (χ0) is 9.97. The van der Waals surface area contributed by atoms with E-state index in [0.29, 0.717) is 12.1 Å². The average Bonchev–Trinajstić information content (AvgIpc) is 2.70. The van der Waals surface area contributed by atoms with E-state index in [0.717, 1.165) is 32.2 Å². The topological polar surface area (TPSA) is 23.5 Å². The summed E-state index contributed by atoms with van der Waals surface area (Å²) in [6.07, 6.45) is 5.15. The van der Waals surface area contributed by atoms with Gasteiger partial charge in [-0.15, -0.1) is 5.92 Å². The van der Waals surface area contributed by atoms with Crippen molar-refractivity contribution in [1.82, 2.24) is 4.90 Å². The lowest BCUT2D eigenvalue weighted by atomic mass is 9.95. The molecule has 0 radical (unpaired) electrons. The fourth-order valence-corrected chi connectivity index (χ4v) is 2.58. The minimum Gasteiger partial charge on any atom is -0.393 e. The normalized spacial score (nSPS) is 38.0. The lowest BCUT2D eigenvalue weighted by Gasteiger charge is -2.40. The van der Waals surface area contributed by atoms with Crippen molar-refractivity contribution in [2.75, 3.05) is 6.54 Å². The zero-order valence-corrected chi connectivity index (χ0v) is 8.87. The molecular weight excluding hydrogens is 174 g/mol. The number of rotatable bonds is 2. The maximum absolute atomic E-state index is 9.61. The largest absolute Gasteiger partial charge is 0.393 e. The standard InChI is InChI=1S/C12H19NO/c1-2-10-9-12(14)7-8-13(10)11-5-3-4-6-11/h10-12,14H,2-3,5,7-9H2,1H3. The smallest absolute Gasteiger partial charge is 0.0726 e. The van der Waals surface area contributed by atoms with Crippen molar-refractivity contribution in [2.24, 2.45) is 0 Å². The van der Waals surface area contributed by atoms with Crippen molar-refractivity contribution in [3.63, 3.8) is 0 Å². The van der Waals surface area contributed by atoms with E-state index < -0.39 is 0 Å². The van der Waals surface area contributed by atoms with Gasteiger partial charge in [0.25, 0.3) is 0 Å². The Hall–Kier alpha value is -0.520. The van der Waals surface area contributed by atoms with Gasteiger partial charge in [0.2, 0.25) is 0 Å². The van der Waals surface area contributed by atoms with Gasteiger partial charge in [0.1, 0.15) is 0 Å². The summed E-state index contributed by atoms with van der Waals surface area (Å²) < 4.78 is 0. The molecule has 3 unspecified atom stereocenters. The van der Waals surface area contributed by atoms with Gasteiger partial charge in [-0.3, -0.25) is 4.90 Å². The van der Waals surface area contributed by atoms with Crippen LogP contribution in [0, 0.1) is 11.8 Å². The molecule has 1 saturated heterocycles. The summed E-state index contributed by atoms with van der Waals surface area (Å²) >= 11 is 0. The van der Waals surface area contributed by atoms with Crippen LogP contribution in [-0.2, 0) is 0 Å². The van der Waals surface area contributed by atoms with Crippen LogP contribution in [0.3, 0.4) is 0 Å². The first-order valence-corrected chi connectivity index (χ1v) is 5.73. The van der Waals surface area contributed by atoms with Gasteiger partial charge >= 0.3 is 0 Å². The Morgan fingerprint density at radius 3 is 2.93 bits per heavy atom. The summed E-state index contributed by atoms with van der Waals surface area (Å²) in [4.78, 5) is 2.51. The van der Waals surface area contributed by atoms with Gasteiger partial charge in [-0.1, -0.05) is 12.8 Å². The molecule has 1 fully saturated rings. The van der Waals surface area contributed by atoms with Crippen molar-refractivity contribution >= 4 is 0 Å². The van der Waals surface area contributed by atoms with E-state index in [2.05, 4.69) is 23.7 Å². The third-order valence-electron chi connectivity index (χ3n) is 3.42. The highest BCUT2D eigenvalue weighted by Crippen LogP contribution is 2.25. The Kier molecular flexibility index (Phi) is 3.10. The van der Waals surface area contributed by atoms with E-state index in [1.807, 2.05) is 0 Å². The molecule has 14 heavy (non-hydrogen) atoms. The number of hydrogen-bond acceptors (Lipinski definition) is 2. The summed E-state index contributed by atoms with van der Waals surface area (Å²) in [6.45, 7) is 3.23. The van der Waals surface area contributed by atoms with Crippen molar-refractivity contribution in [3.05, 3.63) is 0 Å². The van der Waals surface area contributed by atoms with Crippen LogP contribution in [0.5, 0.6) is 0 Å². The lowest BCUT2D eigenvalue weighted by Crippen LogP contribution is -2.48. The van der Waals surface area contributed by atoms with Crippen LogP contribution in [0.15, 0.2) is 0 Å². The molecule has 1 aliphatic carbocycles. The highest BCUT2D eigenvalue weighted by atomic mass is 16.3. The summed E-state index contributed by atoms with van der Waals surface area (Å²) in [5.74, 6) is 6.47. The van der Waals surface area contributed by atoms with E-state index in [4.69, 9.17) is 0 Å². The predicted molar refractivity (Wildman–Crippen MR) is 56.8 cm³/mol. The number of piperidine rings is 1. The third kappa shape index (κ3) is 1.94. The Morgan fingerprint density at radius 1 is 1.43 bits per heavy atom. The van der Waals surface area contributed by atoms with Gasteiger partial charge < -0.3 is 5.11 Å². The molecule has 2 heteroatoms. The fraction of sp³-hybridized carbons (Fsp3) is 0.833. The third-order valence-corrected chi connectivity index (χ3v) is 3.42. The first kappa shape index (κ1) is 10.0. The summed E-state index contributed by atoms with van der Waals surface area (Å²) in [7, 11) is 0. The Labute approximate surface area is 86.3 Å². The molecule has 1 N–H and O–H groups in total. The van der Waals surface area contributed by atoms with Gasteiger partial charge in [0, 0.05) is 19.0 Å². The summed E-state index contributed by atoms with van der Waals surface area (Å²) in [6, 6.07) is 1.03. The minimum atomic E-state index is -0.0782. The lowest BCUT2D eigenvalue weighted by molar-refractivity contribution is 0.0273. The second-order valence-corrected chi connectivity index (χ2v) is 4.35. The molecule has 0 spiro atoms. The van der Waals surface area contributed by atoms with Crippen LogP contribution in [-0.4, -0.2) is 34.7 Å². The van der Waals surface area contributed by atoms with Gasteiger partial charge in [-0.25, -0.2) is 0 Å². The Morgan fingerprint density at radius 2 is 2.29 bits per heavy atom. The van der Waals surface area contributed by atoms with Crippen LogP contribution in [0.25, 0.3) is 0 Å². The van der Waals surface area contributed by atoms with E-state index in [-0.39, 0.29) is 6.10 Å². The highest BCUT2D eigenvalue weighted by molar-refractivity contribution is 5.16. The monoisotopic (exact) mass is 193 g/mol. The van der Waals surface area contributed by atoms with Crippen LogP contribution < -0.4 is 0 Å². The maximum atomic E-state index is 9.61. The Balaban J connectivity index is 1.99. The molecule has 1 aliphatic heterocycles. The molecule has 0 aromatic carbocycles. The minimum absolute atomic E-state index is 0.0782. The Bertz CT molecular complexity index is 253. The van der Waals surface area contributed by atoms with Crippen LogP contribution in [0.2, 0.25) is 0 Å². The van der Waals surface area contributed by atoms with E-state index in [9.17, 15) is 5.11 Å². The molecule has 78 valence electrons. The second kappa shape index (κ2) is 4.33. The van der Waals surface area contributed by atoms with Crippen LogP contribution in [0.1, 0.15) is 39.0 Å². The number of aliphatic hydroxyl groups is 1. The van der Waals surface area contributed by atoms with Gasteiger partial charge in [-0.05, 0) is 25.7 Å². The summed E-state index contributed by atoms with van der Waals surface area (Å²) in [5, 5.41) is 9.61. The van der Waals surface area contributed by atoms with Gasteiger partial charge in [-0.2, -0.15) is 0 Å². The molecule has 2 rings (SSSR count). The molecule has 2 nitrogen and oxygen atoms in total. The maximum Gasteiger partial charge on any atom is 0.0726 e. The quantitative estimate of drug-likeness (QED) is 0.670. The molecule has 1 heterocycles. The molecular formula is C12H19NO. The molecule has 0 bridgehead atoms. The molecule has 2 aliphatic rings. The highest BCUT2D eigenvalue weighted by Gasteiger charge is 2.30. The summed E-state index contributed by atoms with van der Waals surface area (Å²) in [5.41, 5.74) is 0. The molecule has 0 aromatic rings.